The first-order valence-corrected chi connectivity index (χ1v) is 9.65. The summed E-state index contributed by atoms with van der Waals surface area (Å²) in [7, 11) is 0. The highest BCUT2D eigenvalue weighted by Gasteiger charge is 2.46. The van der Waals surface area contributed by atoms with Crippen molar-refractivity contribution < 1.29 is 19.1 Å². The van der Waals surface area contributed by atoms with E-state index < -0.39 is 12.0 Å². The Balaban J connectivity index is 2.06. The van der Waals surface area contributed by atoms with E-state index in [1.54, 1.807) is 11.8 Å². The molecule has 1 aromatic rings. The number of allylic oxidation sites excluding steroid dienone is 1. The molecule has 6 nitrogen and oxygen atoms in total. The third kappa shape index (κ3) is 3.64. The summed E-state index contributed by atoms with van der Waals surface area (Å²) in [6, 6.07) is 6.84. The van der Waals surface area contributed by atoms with Gasteiger partial charge in [-0.2, -0.15) is 0 Å². The average Bonchev–Trinajstić information content (AvgIpc) is 2.93. The molecule has 2 atom stereocenters. The fourth-order valence-electron chi connectivity index (χ4n) is 3.10. The van der Waals surface area contributed by atoms with E-state index in [0.29, 0.717) is 23.0 Å². The highest BCUT2D eigenvalue weighted by atomic mass is 32.2. The van der Waals surface area contributed by atoms with E-state index in [1.165, 1.54) is 17.8 Å². The number of rotatable bonds is 6. The first-order chi connectivity index (χ1) is 13.0. The van der Waals surface area contributed by atoms with Gasteiger partial charge in [-0.3, -0.25) is 9.69 Å². The molecule has 2 aliphatic rings. The minimum absolute atomic E-state index is 0.0702. The summed E-state index contributed by atoms with van der Waals surface area (Å²) in [5, 5.41) is 0.370. The van der Waals surface area contributed by atoms with E-state index in [-0.39, 0.29) is 17.8 Å². The number of fused-ring (bicyclic) bond motifs is 1. The summed E-state index contributed by atoms with van der Waals surface area (Å²) >= 11 is 1.40. The largest absolute Gasteiger partial charge is 0.494 e. The molecule has 27 heavy (non-hydrogen) atoms. The molecule has 1 fully saturated rings. The molecule has 0 radical (unpaired) electrons. The molecule has 2 heterocycles. The standard InChI is InChI=1S/C20H22N2O4S/c1-5-11-26-19(24)16-12(3)21-20-22(18(23)13(4)27-20)17(16)14-7-9-15(10-8-14)25-6-2/h5,7-10,13,17H,1,6,11H2,2-4H3/t13-,17+/m0/s1. The van der Waals surface area contributed by atoms with Crippen LogP contribution in [-0.2, 0) is 14.3 Å². The molecule has 0 aromatic heterocycles. The van der Waals surface area contributed by atoms with Gasteiger partial charge in [-0.15, -0.1) is 0 Å². The van der Waals surface area contributed by atoms with E-state index in [9.17, 15) is 9.59 Å². The molecule has 3 rings (SSSR count). The Morgan fingerprint density at radius 2 is 2.07 bits per heavy atom. The van der Waals surface area contributed by atoms with Gasteiger partial charge in [-0.1, -0.05) is 36.5 Å². The lowest BCUT2D eigenvalue weighted by molar-refractivity contribution is -0.139. The van der Waals surface area contributed by atoms with Crippen LogP contribution in [0.3, 0.4) is 0 Å². The van der Waals surface area contributed by atoms with Crippen LogP contribution < -0.4 is 4.74 Å². The molecule has 7 heteroatoms. The molecular formula is C20H22N2O4S. The van der Waals surface area contributed by atoms with Crippen molar-refractivity contribution in [3.05, 3.63) is 53.8 Å². The van der Waals surface area contributed by atoms with Crippen LogP contribution in [0.4, 0.5) is 0 Å². The van der Waals surface area contributed by atoms with Crippen LogP contribution in [0.5, 0.6) is 5.75 Å². The van der Waals surface area contributed by atoms with Gasteiger partial charge in [0.1, 0.15) is 12.4 Å². The van der Waals surface area contributed by atoms with Gasteiger partial charge in [-0.25, -0.2) is 9.79 Å². The summed E-state index contributed by atoms with van der Waals surface area (Å²) in [5.74, 6) is 0.170. The van der Waals surface area contributed by atoms with Gasteiger partial charge in [-0.05, 0) is 38.5 Å². The van der Waals surface area contributed by atoms with E-state index in [2.05, 4.69) is 11.6 Å². The number of amidine groups is 1. The molecule has 1 aromatic carbocycles. The third-order valence-electron chi connectivity index (χ3n) is 4.32. The number of carbonyl (C=O) groups is 2. The lowest BCUT2D eigenvalue weighted by atomic mass is 9.94. The molecule has 142 valence electrons. The van der Waals surface area contributed by atoms with Crippen LogP contribution >= 0.6 is 11.8 Å². The number of hydrogen-bond acceptors (Lipinski definition) is 6. The number of hydrogen-bond donors (Lipinski definition) is 0. The minimum Gasteiger partial charge on any atom is -0.494 e. The lowest BCUT2D eigenvalue weighted by Gasteiger charge is -2.33. The summed E-state index contributed by atoms with van der Waals surface area (Å²) in [5.41, 5.74) is 1.73. The van der Waals surface area contributed by atoms with Crippen molar-refractivity contribution in [2.24, 2.45) is 4.99 Å². The van der Waals surface area contributed by atoms with Crippen LogP contribution in [-0.4, -0.2) is 40.4 Å². The van der Waals surface area contributed by atoms with Gasteiger partial charge in [0.2, 0.25) is 5.91 Å². The van der Waals surface area contributed by atoms with Crippen molar-refractivity contribution in [1.29, 1.82) is 0 Å². The zero-order chi connectivity index (χ0) is 19.6. The summed E-state index contributed by atoms with van der Waals surface area (Å²) in [4.78, 5) is 31.6. The summed E-state index contributed by atoms with van der Waals surface area (Å²) < 4.78 is 10.8. The quantitative estimate of drug-likeness (QED) is 0.553. The predicted molar refractivity (Wildman–Crippen MR) is 106 cm³/mol. The molecule has 0 bridgehead atoms. The fourth-order valence-corrected chi connectivity index (χ4v) is 4.13. The Morgan fingerprint density at radius 1 is 1.37 bits per heavy atom. The maximum Gasteiger partial charge on any atom is 0.338 e. The summed E-state index contributed by atoms with van der Waals surface area (Å²) in [6.45, 7) is 9.76. The van der Waals surface area contributed by atoms with Gasteiger partial charge >= 0.3 is 5.97 Å². The van der Waals surface area contributed by atoms with Crippen LogP contribution in [0.1, 0.15) is 32.4 Å². The van der Waals surface area contributed by atoms with Crippen LogP contribution in [0.25, 0.3) is 0 Å². The number of thioether (sulfide) groups is 1. The maximum atomic E-state index is 12.8. The molecule has 0 unspecified atom stereocenters. The van der Waals surface area contributed by atoms with Gasteiger partial charge in [0.25, 0.3) is 0 Å². The van der Waals surface area contributed by atoms with Crippen LogP contribution in [0.2, 0.25) is 0 Å². The van der Waals surface area contributed by atoms with E-state index in [1.807, 2.05) is 38.1 Å². The Morgan fingerprint density at radius 3 is 2.70 bits per heavy atom. The van der Waals surface area contributed by atoms with Crippen LogP contribution in [0.15, 0.2) is 53.2 Å². The van der Waals surface area contributed by atoms with Crippen molar-refractivity contribution in [3.63, 3.8) is 0 Å². The number of aliphatic imine (C=N–C) groups is 1. The normalized spacial score (nSPS) is 21.7. The van der Waals surface area contributed by atoms with E-state index in [0.717, 1.165) is 11.3 Å². The number of esters is 1. The number of amides is 1. The molecule has 0 spiro atoms. The van der Waals surface area contributed by atoms with Gasteiger partial charge in [0.15, 0.2) is 5.17 Å². The highest BCUT2D eigenvalue weighted by Crippen LogP contribution is 2.43. The van der Waals surface area contributed by atoms with Gasteiger partial charge in [0.05, 0.1) is 29.2 Å². The molecule has 1 amide bonds. The topological polar surface area (TPSA) is 68.2 Å². The molecule has 0 aliphatic carbocycles. The van der Waals surface area contributed by atoms with Crippen LogP contribution in [0, 0.1) is 0 Å². The molecule has 2 aliphatic heterocycles. The fraction of sp³-hybridized carbons (Fsp3) is 0.350. The van der Waals surface area contributed by atoms with E-state index >= 15 is 0 Å². The Hall–Kier alpha value is -2.54. The monoisotopic (exact) mass is 386 g/mol. The predicted octanol–water partition coefficient (Wildman–Crippen LogP) is 3.46. The maximum absolute atomic E-state index is 12.8. The van der Waals surface area contributed by atoms with Crippen molar-refractivity contribution in [2.45, 2.75) is 32.1 Å². The Bertz CT molecular complexity index is 829. The SMILES string of the molecule is C=CCOC(=O)C1=C(C)N=C2S[C@@H](C)C(=O)N2[C@@H]1c1ccc(OCC)cc1. The third-order valence-corrected chi connectivity index (χ3v) is 5.37. The second kappa shape index (κ2) is 8.00. The second-order valence-corrected chi connectivity index (χ2v) is 7.46. The Kier molecular flexibility index (Phi) is 5.70. The first-order valence-electron chi connectivity index (χ1n) is 8.77. The summed E-state index contributed by atoms with van der Waals surface area (Å²) in [6.07, 6.45) is 1.51. The minimum atomic E-state index is -0.574. The van der Waals surface area contributed by atoms with Crippen molar-refractivity contribution >= 4 is 28.8 Å². The highest BCUT2D eigenvalue weighted by molar-refractivity contribution is 8.15. The smallest absolute Gasteiger partial charge is 0.338 e. The zero-order valence-corrected chi connectivity index (χ0v) is 16.4. The number of carbonyl (C=O) groups excluding carboxylic acids is 2. The molecule has 0 N–H and O–H groups in total. The molecule has 1 saturated heterocycles. The second-order valence-electron chi connectivity index (χ2n) is 6.15. The number of nitrogens with zero attached hydrogens (tertiary/aromatic N) is 2. The first kappa shape index (κ1) is 19.2. The van der Waals surface area contributed by atoms with Crippen molar-refractivity contribution in [1.82, 2.24) is 4.90 Å². The lowest BCUT2D eigenvalue weighted by Crippen LogP contribution is -2.40. The van der Waals surface area contributed by atoms with E-state index in [4.69, 9.17) is 9.47 Å². The number of ether oxygens (including phenoxy) is 2. The average molecular weight is 386 g/mol. The van der Waals surface area contributed by atoms with Gasteiger partial charge in [0, 0.05) is 0 Å². The van der Waals surface area contributed by atoms with Crippen molar-refractivity contribution in [2.75, 3.05) is 13.2 Å². The van der Waals surface area contributed by atoms with Crippen molar-refractivity contribution in [3.8, 4) is 5.75 Å². The molecular weight excluding hydrogens is 364 g/mol. The Labute approximate surface area is 162 Å². The van der Waals surface area contributed by atoms with Gasteiger partial charge < -0.3 is 9.47 Å². The molecule has 0 saturated carbocycles. The zero-order valence-electron chi connectivity index (χ0n) is 15.6. The number of benzene rings is 1.